The van der Waals surface area contributed by atoms with Gasteiger partial charge in [-0.05, 0) is 31.5 Å². The lowest BCUT2D eigenvalue weighted by Crippen LogP contribution is -1.99. The van der Waals surface area contributed by atoms with E-state index < -0.39 is 0 Å². The normalized spacial score (nSPS) is 10.6. The highest BCUT2D eigenvalue weighted by Gasteiger charge is 2.13. The predicted octanol–water partition coefficient (Wildman–Crippen LogP) is 3.37. The Labute approximate surface area is 93.9 Å². The van der Waals surface area contributed by atoms with Gasteiger partial charge in [0.25, 0.3) is 0 Å². The fraction of sp³-hybridized carbons (Fsp3) is 0.308. The number of benzene rings is 1. The molecule has 0 bridgehead atoms. The molecule has 0 radical (unpaired) electrons. The number of nitriles is 1. The zero-order valence-corrected chi connectivity index (χ0v) is 9.42. The minimum absolute atomic E-state index is 0.258. The molecule has 0 saturated carbocycles. The van der Waals surface area contributed by atoms with Crippen molar-refractivity contribution in [2.75, 3.05) is 0 Å². The summed E-state index contributed by atoms with van der Waals surface area (Å²) in [5.74, 6) is -0.258. The molecule has 1 heterocycles. The Hall–Kier alpha value is -1.82. The number of aryl methyl sites for hydroxylation is 1. The van der Waals surface area contributed by atoms with Crippen LogP contribution in [0.4, 0.5) is 4.39 Å². The van der Waals surface area contributed by atoms with Crippen LogP contribution in [0.15, 0.2) is 18.2 Å². The zero-order chi connectivity index (χ0) is 11.7. The van der Waals surface area contributed by atoms with E-state index in [0.29, 0.717) is 5.56 Å². The first-order chi connectivity index (χ1) is 7.69. The van der Waals surface area contributed by atoms with Gasteiger partial charge in [-0.3, -0.25) is 0 Å². The Morgan fingerprint density at radius 3 is 2.81 bits per heavy atom. The highest BCUT2D eigenvalue weighted by molar-refractivity contribution is 5.88. The average molecular weight is 216 g/mol. The van der Waals surface area contributed by atoms with Crippen molar-refractivity contribution in [1.82, 2.24) is 4.57 Å². The third-order valence-corrected chi connectivity index (χ3v) is 2.85. The topological polar surface area (TPSA) is 28.7 Å². The fourth-order valence-electron chi connectivity index (χ4n) is 2.10. The van der Waals surface area contributed by atoms with Crippen LogP contribution >= 0.6 is 0 Å². The number of halogens is 1. The maximum absolute atomic E-state index is 13.2. The molecule has 0 unspecified atom stereocenters. The Balaban J connectivity index is 2.82. The van der Waals surface area contributed by atoms with E-state index in [4.69, 9.17) is 5.26 Å². The van der Waals surface area contributed by atoms with Crippen molar-refractivity contribution in [2.24, 2.45) is 0 Å². The van der Waals surface area contributed by atoms with Crippen LogP contribution in [-0.2, 0) is 6.54 Å². The van der Waals surface area contributed by atoms with Gasteiger partial charge in [0.05, 0.1) is 11.1 Å². The summed E-state index contributed by atoms with van der Waals surface area (Å²) in [7, 11) is 0. The van der Waals surface area contributed by atoms with Crippen molar-refractivity contribution < 1.29 is 4.39 Å². The van der Waals surface area contributed by atoms with Crippen LogP contribution in [0, 0.1) is 24.1 Å². The average Bonchev–Trinajstić information content (AvgIpc) is 2.52. The fourth-order valence-corrected chi connectivity index (χ4v) is 2.10. The zero-order valence-electron chi connectivity index (χ0n) is 9.42. The molecule has 0 aliphatic rings. The Kier molecular flexibility index (Phi) is 2.66. The van der Waals surface area contributed by atoms with Gasteiger partial charge in [-0.2, -0.15) is 5.26 Å². The van der Waals surface area contributed by atoms with Gasteiger partial charge in [-0.15, -0.1) is 0 Å². The lowest BCUT2D eigenvalue weighted by molar-refractivity contribution is 0.626. The standard InChI is InChI=1S/C13H13FN2/c1-3-6-16-9(2)12(8-15)11-5-4-10(14)7-13(11)16/h4-5,7H,3,6H2,1-2H3. The van der Waals surface area contributed by atoms with Crippen LogP contribution in [0.5, 0.6) is 0 Å². The summed E-state index contributed by atoms with van der Waals surface area (Å²) in [5.41, 5.74) is 2.39. The van der Waals surface area contributed by atoms with Gasteiger partial charge in [-0.1, -0.05) is 6.92 Å². The van der Waals surface area contributed by atoms with E-state index in [-0.39, 0.29) is 5.82 Å². The number of hydrogen-bond donors (Lipinski definition) is 0. The Morgan fingerprint density at radius 2 is 2.19 bits per heavy atom. The third kappa shape index (κ3) is 1.47. The quantitative estimate of drug-likeness (QED) is 0.756. The van der Waals surface area contributed by atoms with Crippen molar-refractivity contribution in [1.29, 1.82) is 5.26 Å². The van der Waals surface area contributed by atoms with Crippen molar-refractivity contribution in [3.8, 4) is 6.07 Å². The van der Waals surface area contributed by atoms with Crippen molar-refractivity contribution >= 4 is 10.9 Å². The van der Waals surface area contributed by atoms with Gasteiger partial charge in [0.2, 0.25) is 0 Å². The van der Waals surface area contributed by atoms with E-state index in [1.54, 1.807) is 6.07 Å². The summed E-state index contributed by atoms with van der Waals surface area (Å²) < 4.78 is 15.2. The van der Waals surface area contributed by atoms with E-state index >= 15 is 0 Å². The molecule has 0 atom stereocenters. The molecule has 2 rings (SSSR count). The van der Waals surface area contributed by atoms with Crippen LogP contribution in [0.2, 0.25) is 0 Å². The number of rotatable bonds is 2. The second kappa shape index (κ2) is 3.97. The van der Waals surface area contributed by atoms with Crippen LogP contribution in [0.3, 0.4) is 0 Å². The van der Waals surface area contributed by atoms with Gasteiger partial charge >= 0.3 is 0 Å². The predicted molar refractivity (Wildman–Crippen MR) is 61.6 cm³/mol. The van der Waals surface area contributed by atoms with Crippen LogP contribution in [0.25, 0.3) is 10.9 Å². The minimum Gasteiger partial charge on any atom is -0.343 e. The van der Waals surface area contributed by atoms with Gasteiger partial charge in [0.1, 0.15) is 11.9 Å². The van der Waals surface area contributed by atoms with E-state index in [1.165, 1.54) is 12.1 Å². The van der Waals surface area contributed by atoms with Gasteiger partial charge in [-0.25, -0.2) is 4.39 Å². The van der Waals surface area contributed by atoms with Gasteiger partial charge in [0, 0.05) is 17.6 Å². The molecule has 0 fully saturated rings. The molecular weight excluding hydrogens is 203 g/mol. The molecule has 0 amide bonds. The highest BCUT2D eigenvalue weighted by atomic mass is 19.1. The van der Waals surface area contributed by atoms with Crippen molar-refractivity contribution in [3.05, 3.63) is 35.3 Å². The van der Waals surface area contributed by atoms with Crippen LogP contribution in [0.1, 0.15) is 24.6 Å². The molecule has 0 saturated heterocycles. The monoisotopic (exact) mass is 216 g/mol. The summed E-state index contributed by atoms with van der Waals surface area (Å²) in [6.07, 6.45) is 0.964. The lowest BCUT2D eigenvalue weighted by Gasteiger charge is -2.05. The molecule has 0 spiro atoms. The number of aromatic nitrogens is 1. The lowest BCUT2D eigenvalue weighted by atomic mass is 10.1. The smallest absolute Gasteiger partial charge is 0.125 e. The van der Waals surface area contributed by atoms with Gasteiger partial charge in [0.15, 0.2) is 0 Å². The molecule has 1 aromatic carbocycles. The Bertz CT molecular complexity index is 576. The first-order valence-electron chi connectivity index (χ1n) is 5.37. The molecule has 0 aliphatic carbocycles. The van der Waals surface area contributed by atoms with Gasteiger partial charge < -0.3 is 4.57 Å². The molecular formula is C13H13FN2. The first-order valence-corrected chi connectivity index (χ1v) is 5.37. The summed E-state index contributed by atoms with van der Waals surface area (Å²) in [4.78, 5) is 0. The molecule has 82 valence electrons. The summed E-state index contributed by atoms with van der Waals surface area (Å²) in [6.45, 7) is 4.79. The van der Waals surface area contributed by atoms with Crippen molar-refractivity contribution in [3.63, 3.8) is 0 Å². The van der Waals surface area contributed by atoms with Crippen LogP contribution in [-0.4, -0.2) is 4.57 Å². The van der Waals surface area contributed by atoms with E-state index in [0.717, 1.165) is 29.6 Å². The highest BCUT2D eigenvalue weighted by Crippen LogP contribution is 2.26. The molecule has 0 N–H and O–H groups in total. The third-order valence-electron chi connectivity index (χ3n) is 2.85. The second-order valence-electron chi connectivity index (χ2n) is 3.89. The Morgan fingerprint density at radius 1 is 1.44 bits per heavy atom. The van der Waals surface area contributed by atoms with E-state index in [1.807, 2.05) is 11.5 Å². The van der Waals surface area contributed by atoms with Crippen LogP contribution < -0.4 is 0 Å². The molecule has 3 heteroatoms. The number of nitrogens with zero attached hydrogens (tertiary/aromatic N) is 2. The number of hydrogen-bond acceptors (Lipinski definition) is 1. The number of fused-ring (bicyclic) bond motifs is 1. The maximum atomic E-state index is 13.2. The second-order valence-corrected chi connectivity index (χ2v) is 3.89. The van der Waals surface area contributed by atoms with E-state index in [2.05, 4.69) is 13.0 Å². The molecule has 2 aromatic rings. The SMILES string of the molecule is CCCn1c(C)c(C#N)c2ccc(F)cc21. The summed E-state index contributed by atoms with van der Waals surface area (Å²) >= 11 is 0. The molecule has 0 aliphatic heterocycles. The van der Waals surface area contributed by atoms with Crippen molar-refractivity contribution in [2.45, 2.75) is 26.8 Å². The van der Waals surface area contributed by atoms with E-state index in [9.17, 15) is 4.39 Å². The largest absolute Gasteiger partial charge is 0.343 e. The molecule has 1 aromatic heterocycles. The minimum atomic E-state index is -0.258. The summed E-state index contributed by atoms with van der Waals surface area (Å²) in [6, 6.07) is 6.78. The molecule has 16 heavy (non-hydrogen) atoms. The maximum Gasteiger partial charge on any atom is 0.125 e. The first kappa shape index (κ1) is 10.7. The molecule has 2 nitrogen and oxygen atoms in total. The summed E-state index contributed by atoms with van der Waals surface area (Å²) in [5, 5.41) is 9.95.